The number of hydrogen-bond acceptors (Lipinski definition) is 5. The Balaban J connectivity index is 2.53. The SMILES string of the molecule is CCN(CC)C(=O)n1cc(Cl)c(S(=O)(=O)c2cc(OC)ccc2Cl)n1. The number of methoxy groups -OCH3 is 1. The highest BCUT2D eigenvalue weighted by atomic mass is 35.5. The van der Waals surface area contributed by atoms with Gasteiger partial charge in [0.2, 0.25) is 14.9 Å². The molecule has 1 heterocycles. The van der Waals surface area contributed by atoms with Gasteiger partial charge in [-0.3, -0.25) is 0 Å². The molecule has 0 unspecified atom stereocenters. The third-order valence-corrected chi connectivity index (χ3v) is 6.11. The monoisotopic (exact) mass is 405 g/mol. The summed E-state index contributed by atoms with van der Waals surface area (Å²) in [5, 5.41) is 3.27. The van der Waals surface area contributed by atoms with E-state index in [1.165, 1.54) is 36.4 Å². The van der Waals surface area contributed by atoms with Crippen molar-refractivity contribution >= 4 is 39.1 Å². The highest BCUT2D eigenvalue weighted by Crippen LogP contribution is 2.33. The Bertz CT molecular complexity index is 892. The number of nitrogens with zero attached hydrogens (tertiary/aromatic N) is 3. The molecule has 0 aliphatic rings. The van der Waals surface area contributed by atoms with E-state index in [1.807, 2.05) is 0 Å². The van der Waals surface area contributed by atoms with Crippen molar-refractivity contribution in [3.63, 3.8) is 0 Å². The standard InChI is InChI=1S/C15H17Cl2N3O4S/c1-4-19(5-2)15(21)20-9-12(17)14(18-20)25(22,23)13-8-10(24-3)6-7-11(13)16/h6-9H,4-5H2,1-3H3. The fraction of sp³-hybridized carbons (Fsp3) is 0.333. The lowest BCUT2D eigenvalue weighted by atomic mass is 10.3. The van der Waals surface area contributed by atoms with Gasteiger partial charge in [0.1, 0.15) is 5.75 Å². The molecule has 2 rings (SSSR count). The van der Waals surface area contributed by atoms with Crippen molar-refractivity contribution in [3.8, 4) is 5.75 Å². The van der Waals surface area contributed by atoms with Gasteiger partial charge in [0.15, 0.2) is 0 Å². The van der Waals surface area contributed by atoms with Gasteiger partial charge in [-0.25, -0.2) is 13.2 Å². The van der Waals surface area contributed by atoms with Crippen molar-refractivity contribution in [1.82, 2.24) is 14.7 Å². The molecule has 7 nitrogen and oxygen atoms in total. The Morgan fingerprint density at radius 2 is 1.88 bits per heavy atom. The summed E-state index contributed by atoms with van der Waals surface area (Å²) in [6, 6.07) is 3.74. The molecule has 2 aromatic rings. The van der Waals surface area contributed by atoms with Crippen molar-refractivity contribution in [1.29, 1.82) is 0 Å². The number of amides is 1. The maximum atomic E-state index is 12.9. The number of halogens is 2. The van der Waals surface area contributed by atoms with Crippen LogP contribution in [0.2, 0.25) is 10.0 Å². The maximum absolute atomic E-state index is 12.9. The number of sulfone groups is 1. The molecule has 0 saturated carbocycles. The Labute approximate surface area is 156 Å². The van der Waals surface area contributed by atoms with Crippen molar-refractivity contribution in [3.05, 3.63) is 34.4 Å². The molecule has 0 aliphatic carbocycles. The van der Waals surface area contributed by atoms with E-state index < -0.39 is 20.9 Å². The van der Waals surface area contributed by atoms with Gasteiger partial charge in [0, 0.05) is 19.2 Å². The van der Waals surface area contributed by atoms with Crippen LogP contribution in [0.25, 0.3) is 0 Å². The van der Waals surface area contributed by atoms with Crippen LogP contribution in [0.4, 0.5) is 4.79 Å². The molecule has 1 aromatic carbocycles. The Kier molecular flexibility index (Phi) is 5.97. The third kappa shape index (κ3) is 3.75. The minimum Gasteiger partial charge on any atom is -0.497 e. The van der Waals surface area contributed by atoms with Crippen LogP contribution in [0.5, 0.6) is 5.75 Å². The second-order valence-corrected chi connectivity index (χ2v) is 7.63. The first-order valence-electron chi connectivity index (χ1n) is 7.39. The van der Waals surface area contributed by atoms with Crippen LogP contribution in [-0.4, -0.2) is 49.3 Å². The van der Waals surface area contributed by atoms with E-state index in [0.717, 1.165) is 4.68 Å². The first-order valence-corrected chi connectivity index (χ1v) is 9.63. The summed E-state index contributed by atoms with van der Waals surface area (Å²) in [4.78, 5) is 13.6. The number of rotatable bonds is 5. The van der Waals surface area contributed by atoms with Gasteiger partial charge < -0.3 is 9.64 Å². The summed E-state index contributed by atoms with van der Waals surface area (Å²) in [5.74, 6) is 0.317. The van der Waals surface area contributed by atoms with Gasteiger partial charge >= 0.3 is 6.03 Å². The number of hydrogen-bond donors (Lipinski definition) is 0. The highest BCUT2D eigenvalue weighted by Gasteiger charge is 2.29. The molecule has 0 fully saturated rings. The number of ether oxygens (including phenoxy) is 1. The van der Waals surface area contributed by atoms with Crippen molar-refractivity contribution in [2.75, 3.05) is 20.2 Å². The van der Waals surface area contributed by atoms with Crippen LogP contribution in [0.3, 0.4) is 0 Å². The van der Waals surface area contributed by atoms with E-state index in [2.05, 4.69) is 5.10 Å². The van der Waals surface area contributed by atoms with Gasteiger partial charge in [-0.15, -0.1) is 0 Å². The minimum atomic E-state index is -4.13. The highest BCUT2D eigenvalue weighted by molar-refractivity contribution is 7.91. The van der Waals surface area contributed by atoms with Gasteiger partial charge in [-0.05, 0) is 26.0 Å². The molecule has 0 N–H and O–H groups in total. The van der Waals surface area contributed by atoms with Crippen LogP contribution in [0, 0.1) is 0 Å². The Morgan fingerprint density at radius 3 is 2.44 bits per heavy atom. The fourth-order valence-electron chi connectivity index (χ4n) is 2.18. The van der Waals surface area contributed by atoms with E-state index in [-0.39, 0.29) is 14.9 Å². The van der Waals surface area contributed by atoms with E-state index >= 15 is 0 Å². The Hall–Kier alpha value is -1.77. The summed E-state index contributed by atoms with van der Waals surface area (Å²) in [6.07, 6.45) is 1.17. The predicted molar refractivity (Wildman–Crippen MR) is 94.4 cm³/mol. The topological polar surface area (TPSA) is 81.5 Å². The smallest absolute Gasteiger partial charge is 0.344 e. The lowest BCUT2D eigenvalue weighted by Crippen LogP contribution is -2.34. The number of carbonyl (C=O) groups is 1. The lowest BCUT2D eigenvalue weighted by Gasteiger charge is -2.17. The number of benzene rings is 1. The van der Waals surface area contributed by atoms with Crippen LogP contribution in [0.1, 0.15) is 13.8 Å². The molecule has 1 amide bonds. The van der Waals surface area contributed by atoms with Crippen LogP contribution < -0.4 is 4.74 Å². The summed E-state index contributed by atoms with van der Waals surface area (Å²) < 4.78 is 31.7. The van der Waals surface area contributed by atoms with Crippen LogP contribution in [0.15, 0.2) is 34.3 Å². The van der Waals surface area contributed by atoms with E-state index in [9.17, 15) is 13.2 Å². The van der Waals surface area contributed by atoms with Crippen molar-refractivity contribution in [2.45, 2.75) is 23.8 Å². The molecule has 0 aliphatic heterocycles. The molecule has 0 radical (unpaired) electrons. The molecule has 136 valence electrons. The van der Waals surface area contributed by atoms with Crippen molar-refractivity contribution in [2.24, 2.45) is 0 Å². The third-order valence-electron chi connectivity index (χ3n) is 3.55. The molecule has 0 saturated heterocycles. The quantitative estimate of drug-likeness (QED) is 0.761. The zero-order chi connectivity index (χ0) is 18.8. The average Bonchev–Trinajstić information content (AvgIpc) is 2.98. The van der Waals surface area contributed by atoms with Crippen LogP contribution in [-0.2, 0) is 9.84 Å². The second kappa shape index (κ2) is 7.63. The van der Waals surface area contributed by atoms with Crippen LogP contribution >= 0.6 is 23.2 Å². The fourth-order valence-corrected chi connectivity index (χ4v) is 4.34. The minimum absolute atomic E-state index is 0.00138. The summed E-state index contributed by atoms with van der Waals surface area (Å²) in [6.45, 7) is 4.52. The zero-order valence-electron chi connectivity index (χ0n) is 13.9. The average molecular weight is 406 g/mol. The normalized spacial score (nSPS) is 11.4. The largest absolute Gasteiger partial charge is 0.497 e. The van der Waals surface area contributed by atoms with Gasteiger partial charge in [-0.1, -0.05) is 23.2 Å². The number of aromatic nitrogens is 2. The molecule has 10 heteroatoms. The molecule has 0 atom stereocenters. The Morgan fingerprint density at radius 1 is 1.24 bits per heavy atom. The maximum Gasteiger partial charge on any atom is 0.344 e. The molecule has 0 spiro atoms. The van der Waals surface area contributed by atoms with E-state index in [1.54, 1.807) is 13.8 Å². The molecular weight excluding hydrogens is 389 g/mol. The summed E-state index contributed by atoms with van der Waals surface area (Å²) in [7, 11) is -2.72. The van der Waals surface area contributed by atoms with E-state index in [4.69, 9.17) is 27.9 Å². The summed E-state index contributed by atoms with van der Waals surface area (Å²) >= 11 is 12.1. The molecule has 0 bridgehead atoms. The summed E-state index contributed by atoms with van der Waals surface area (Å²) in [5.41, 5.74) is 0. The lowest BCUT2D eigenvalue weighted by molar-refractivity contribution is 0.201. The second-order valence-electron chi connectivity index (χ2n) is 4.98. The van der Waals surface area contributed by atoms with Crippen molar-refractivity contribution < 1.29 is 17.9 Å². The first-order chi connectivity index (χ1) is 11.8. The molecule has 25 heavy (non-hydrogen) atoms. The number of carbonyl (C=O) groups excluding carboxylic acids is 1. The predicted octanol–water partition coefficient (Wildman–Crippen LogP) is 3.34. The zero-order valence-corrected chi connectivity index (χ0v) is 16.2. The molecule has 1 aromatic heterocycles. The van der Waals surface area contributed by atoms with E-state index in [0.29, 0.717) is 18.8 Å². The van der Waals surface area contributed by atoms with Gasteiger partial charge in [-0.2, -0.15) is 9.78 Å². The molecular formula is C15H17Cl2N3O4S. The van der Waals surface area contributed by atoms with Gasteiger partial charge in [0.05, 0.1) is 28.2 Å². The first kappa shape index (κ1) is 19.6. The van der Waals surface area contributed by atoms with Gasteiger partial charge in [0.25, 0.3) is 0 Å².